The molecule has 22 heavy (non-hydrogen) atoms. The average Bonchev–Trinajstić information content (AvgIpc) is 2.99. The highest BCUT2D eigenvalue weighted by molar-refractivity contribution is 6.36. The summed E-state index contributed by atoms with van der Waals surface area (Å²) < 4.78 is 1.15. The molecule has 3 rings (SSSR count). The summed E-state index contributed by atoms with van der Waals surface area (Å²) >= 11 is 0. The number of anilines is 1. The summed E-state index contributed by atoms with van der Waals surface area (Å²) in [5.74, 6) is -1.05. The Balaban J connectivity index is 2.20. The molecule has 1 aromatic heterocycles. The second kappa shape index (κ2) is 4.97. The maximum absolute atomic E-state index is 12.6. The van der Waals surface area contributed by atoms with E-state index in [0.717, 1.165) is 4.68 Å². The second-order valence-corrected chi connectivity index (χ2v) is 5.01. The van der Waals surface area contributed by atoms with Crippen molar-refractivity contribution in [1.82, 2.24) is 9.78 Å². The molecular weight excluding hydrogens is 280 g/mol. The number of fused-ring (bicyclic) bond motifs is 1. The van der Waals surface area contributed by atoms with Crippen LogP contribution in [0.5, 0.6) is 0 Å². The summed E-state index contributed by atoms with van der Waals surface area (Å²) in [7, 11) is 0. The third-order valence-electron chi connectivity index (χ3n) is 3.45. The van der Waals surface area contributed by atoms with Gasteiger partial charge in [0.05, 0.1) is 11.3 Å². The Hall–Kier alpha value is -3.20. The number of nitriles is 1. The fourth-order valence-electron chi connectivity index (χ4n) is 2.52. The van der Waals surface area contributed by atoms with E-state index in [9.17, 15) is 14.9 Å². The Morgan fingerprint density at radius 2 is 2.05 bits per heavy atom. The monoisotopic (exact) mass is 292 g/mol. The van der Waals surface area contributed by atoms with Crippen LogP contribution in [0.15, 0.2) is 35.9 Å². The molecule has 1 N–H and O–H groups in total. The number of hydrogen-bond acceptors (Lipinski definition) is 4. The summed E-state index contributed by atoms with van der Waals surface area (Å²) in [6.07, 6.45) is 0. The van der Waals surface area contributed by atoms with Crippen LogP contribution in [0.2, 0.25) is 0 Å². The normalized spacial score (nSPS) is 15.0. The smallest absolute Gasteiger partial charge is 0.289 e. The van der Waals surface area contributed by atoms with Gasteiger partial charge in [0.1, 0.15) is 11.6 Å². The number of allylic oxidation sites excluding steroid dienone is 1. The van der Waals surface area contributed by atoms with Gasteiger partial charge in [-0.1, -0.05) is 18.2 Å². The lowest BCUT2D eigenvalue weighted by molar-refractivity contribution is -0.110. The van der Waals surface area contributed by atoms with E-state index < -0.39 is 11.8 Å². The zero-order valence-electron chi connectivity index (χ0n) is 12.0. The minimum Gasteiger partial charge on any atom is -0.321 e. The standard InChI is InChI=1S/C16H12N4O2/c1-9-7-10(2)20(19-9)16(22)12(8-17)14-11-5-3-4-6-13(11)18-15(14)21/h3-7H,1-2H3,(H,18,21)/b14-12-. The molecular formula is C16H12N4O2. The maximum atomic E-state index is 12.6. The summed E-state index contributed by atoms with van der Waals surface area (Å²) in [6.45, 7) is 3.48. The Labute approximate surface area is 126 Å². The van der Waals surface area contributed by atoms with E-state index >= 15 is 0 Å². The van der Waals surface area contributed by atoms with E-state index in [4.69, 9.17) is 0 Å². The highest BCUT2D eigenvalue weighted by Gasteiger charge is 2.31. The Morgan fingerprint density at radius 1 is 1.32 bits per heavy atom. The van der Waals surface area contributed by atoms with Gasteiger partial charge in [-0.2, -0.15) is 10.4 Å². The maximum Gasteiger partial charge on any atom is 0.289 e. The Morgan fingerprint density at radius 3 is 2.68 bits per heavy atom. The van der Waals surface area contributed by atoms with Crippen molar-refractivity contribution in [3.8, 4) is 6.07 Å². The molecule has 1 aliphatic heterocycles. The summed E-state index contributed by atoms with van der Waals surface area (Å²) in [4.78, 5) is 24.7. The van der Waals surface area contributed by atoms with E-state index in [1.54, 1.807) is 44.2 Å². The topological polar surface area (TPSA) is 87.8 Å². The van der Waals surface area contributed by atoms with E-state index in [1.165, 1.54) is 0 Å². The van der Waals surface area contributed by atoms with Crippen molar-refractivity contribution >= 4 is 23.1 Å². The second-order valence-electron chi connectivity index (χ2n) is 5.01. The summed E-state index contributed by atoms with van der Waals surface area (Å²) in [5.41, 5.74) is 2.31. The number of rotatable bonds is 1. The van der Waals surface area contributed by atoms with Gasteiger partial charge < -0.3 is 5.32 Å². The molecule has 0 spiro atoms. The van der Waals surface area contributed by atoms with Gasteiger partial charge in [-0.05, 0) is 26.0 Å². The quantitative estimate of drug-likeness (QED) is 0.643. The first-order valence-electron chi connectivity index (χ1n) is 6.66. The third kappa shape index (κ3) is 2.00. The first-order valence-corrected chi connectivity index (χ1v) is 6.66. The predicted octanol–water partition coefficient (Wildman–Crippen LogP) is 2.07. The number of carbonyl (C=O) groups is 2. The lowest BCUT2D eigenvalue weighted by Gasteiger charge is -2.04. The molecule has 1 amide bonds. The molecule has 0 atom stereocenters. The van der Waals surface area contributed by atoms with Gasteiger partial charge in [-0.25, -0.2) is 4.68 Å². The number of aryl methyl sites for hydroxylation is 2. The molecule has 0 radical (unpaired) electrons. The van der Waals surface area contributed by atoms with Gasteiger partial charge in [0.2, 0.25) is 0 Å². The van der Waals surface area contributed by atoms with Crippen LogP contribution in [0.3, 0.4) is 0 Å². The van der Waals surface area contributed by atoms with Gasteiger partial charge in [0.15, 0.2) is 0 Å². The average molecular weight is 292 g/mol. The van der Waals surface area contributed by atoms with Crippen molar-refractivity contribution in [2.45, 2.75) is 13.8 Å². The minimum atomic E-state index is -0.602. The van der Waals surface area contributed by atoms with Crippen molar-refractivity contribution in [2.24, 2.45) is 0 Å². The van der Waals surface area contributed by atoms with Gasteiger partial charge >= 0.3 is 0 Å². The van der Waals surface area contributed by atoms with Crippen LogP contribution in [-0.2, 0) is 4.79 Å². The van der Waals surface area contributed by atoms with E-state index in [1.807, 2.05) is 6.07 Å². The van der Waals surface area contributed by atoms with Crippen LogP contribution >= 0.6 is 0 Å². The largest absolute Gasteiger partial charge is 0.321 e. The third-order valence-corrected chi connectivity index (χ3v) is 3.45. The zero-order valence-corrected chi connectivity index (χ0v) is 12.0. The SMILES string of the molecule is Cc1cc(C)n(C(=O)/C(C#N)=C2\C(=O)Nc3ccccc32)n1. The van der Waals surface area contributed by atoms with Crippen LogP contribution in [0.4, 0.5) is 5.69 Å². The number of nitrogens with zero attached hydrogens (tertiary/aromatic N) is 3. The van der Waals surface area contributed by atoms with Crippen molar-refractivity contribution in [3.05, 3.63) is 52.9 Å². The fourth-order valence-corrected chi connectivity index (χ4v) is 2.52. The van der Waals surface area contributed by atoms with Gasteiger partial charge in [-0.3, -0.25) is 9.59 Å². The first kappa shape index (κ1) is 13.8. The molecule has 1 aromatic carbocycles. The molecule has 0 fully saturated rings. The molecule has 2 heterocycles. The molecule has 0 aliphatic carbocycles. The molecule has 0 bridgehead atoms. The number of para-hydroxylation sites is 1. The predicted molar refractivity (Wildman–Crippen MR) is 79.9 cm³/mol. The molecule has 0 saturated carbocycles. The number of hydrogen-bond donors (Lipinski definition) is 1. The summed E-state index contributed by atoms with van der Waals surface area (Å²) in [5, 5.41) is 16.1. The fraction of sp³-hybridized carbons (Fsp3) is 0.125. The number of benzene rings is 1. The Kier molecular flexibility index (Phi) is 3.11. The van der Waals surface area contributed by atoms with Crippen molar-refractivity contribution in [3.63, 3.8) is 0 Å². The number of aromatic nitrogens is 2. The molecule has 108 valence electrons. The molecule has 6 nitrogen and oxygen atoms in total. The zero-order chi connectivity index (χ0) is 15.9. The molecule has 1 aliphatic rings. The molecule has 6 heteroatoms. The van der Waals surface area contributed by atoms with Crippen molar-refractivity contribution in [1.29, 1.82) is 5.26 Å². The van der Waals surface area contributed by atoms with Gasteiger partial charge in [0.25, 0.3) is 11.8 Å². The molecule has 0 unspecified atom stereocenters. The highest BCUT2D eigenvalue weighted by Crippen LogP contribution is 2.33. The van der Waals surface area contributed by atoms with E-state index in [2.05, 4.69) is 10.4 Å². The van der Waals surface area contributed by atoms with Crippen LogP contribution in [0.1, 0.15) is 21.7 Å². The highest BCUT2D eigenvalue weighted by atomic mass is 16.2. The van der Waals surface area contributed by atoms with Crippen molar-refractivity contribution < 1.29 is 9.59 Å². The van der Waals surface area contributed by atoms with Gasteiger partial charge in [0, 0.05) is 16.9 Å². The molecule has 2 aromatic rings. The first-order chi connectivity index (χ1) is 10.5. The van der Waals surface area contributed by atoms with Crippen LogP contribution in [0, 0.1) is 25.2 Å². The van der Waals surface area contributed by atoms with Crippen LogP contribution in [0.25, 0.3) is 5.57 Å². The lowest BCUT2D eigenvalue weighted by Crippen LogP contribution is -2.19. The summed E-state index contributed by atoms with van der Waals surface area (Å²) in [6, 6.07) is 10.5. The van der Waals surface area contributed by atoms with Crippen LogP contribution in [-0.4, -0.2) is 21.6 Å². The number of nitrogens with one attached hydrogen (secondary N) is 1. The molecule has 0 saturated heterocycles. The van der Waals surface area contributed by atoms with E-state index in [-0.39, 0.29) is 11.1 Å². The number of carbonyl (C=O) groups excluding carboxylic acids is 2. The van der Waals surface area contributed by atoms with Gasteiger partial charge in [-0.15, -0.1) is 0 Å². The van der Waals surface area contributed by atoms with Crippen molar-refractivity contribution in [2.75, 3.05) is 5.32 Å². The Bertz CT molecular complexity index is 884. The lowest BCUT2D eigenvalue weighted by atomic mass is 10.0. The minimum absolute atomic E-state index is 0.0932. The number of amides is 1. The van der Waals surface area contributed by atoms with Crippen LogP contribution < -0.4 is 5.32 Å². The van der Waals surface area contributed by atoms with E-state index in [0.29, 0.717) is 22.6 Å².